The Balaban J connectivity index is 1.55. The Morgan fingerprint density at radius 1 is 1.16 bits per heavy atom. The first-order chi connectivity index (χ1) is 12.1. The molecule has 0 atom stereocenters. The van der Waals surface area contributed by atoms with Crippen molar-refractivity contribution in [2.75, 3.05) is 33.2 Å². The lowest BCUT2D eigenvalue weighted by Gasteiger charge is -2.32. The number of likely N-dealkylation sites (N-methyl/N-ethyl adjacent to an activating group) is 1. The molecular formula is C18H21N5OS. The minimum absolute atomic E-state index is 0.0428. The number of aromatic nitrogens is 2. The molecule has 1 fully saturated rings. The van der Waals surface area contributed by atoms with Crippen LogP contribution in [0.2, 0.25) is 0 Å². The number of piperazine rings is 1. The molecule has 3 aromatic rings. The Morgan fingerprint density at radius 3 is 2.56 bits per heavy atom. The minimum Gasteiger partial charge on any atom is -0.304 e. The Kier molecular flexibility index (Phi) is 4.29. The van der Waals surface area contributed by atoms with Gasteiger partial charge in [-0.15, -0.1) is 0 Å². The molecule has 7 heteroatoms. The van der Waals surface area contributed by atoms with Crippen molar-refractivity contribution in [3.63, 3.8) is 0 Å². The highest BCUT2D eigenvalue weighted by Gasteiger charge is 2.21. The van der Waals surface area contributed by atoms with Crippen molar-refractivity contribution < 1.29 is 4.79 Å². The van der Waals surface area contributed by atoms with Crippen LogP contribution in [0.1, 0.15) is 15.4 Å². The van der Waals surface area contributed by atoms with Crippen molar-refractivity contribution in [2.45, 2.75) is 6.92 Å². The Hall–Kier alpha value is -2.22. The summed E-state index contributed by atoms with van der Waals surface area (Å²) >= 11 is 1.44. The Morgan fingerprint density at radius 2 is 1.88 bits per heavy atom. The van der Waals surface area contributed by atoms with E-state index in [-0.39, 0.29) is 5.91 Å². The lowest BCUT2D eigenvalue weighted by Crippen LogP contribution is -2.52. The molecule has 0 bridgehead atoms. The first-order valence-corrected chi connectivity index (χ1v) is 9.22. The van der Waals surface area contributed by atoms with Gasteiger partial charge >= 0.3 is 0 Å². The number of benzene rings is 1. The number of carbonyl (C=O) groups is 1. The number of nitrogens with one attached hydrogen (secondary N) is 1. The normalized spacial score (nSPS) is 16.4. The van der Waals surface area contributed by atoms with Crippen LogP contribution in [-0.2, 0) is 0 Å². The van der Waals surface area contributed by atoms with Crippen LogP contribution in [0.3, 0.4) is 0 Å². The van der Waals surface area contributed by atoms with Crippen molar-refractivity contribution in [3.8, 4) is 11.3 Å². The van der Waals surface area contributed by atoms with Gasteiger partial charge in [0.15, 0.2) is 4.96 Å². The molecular weight excluding hydrogens is 334 g/mol. The lowest BCUT2D eigenvalue weighted by molar-refractivity contribution is 0.0665. The molecule has 0 saturated carbocycles. The van der Waals surface area contributed by atoms with E-state index in [0.29, 0.717) is 0 Å². The third-order valence-electron chi connectivity index (χ3n) is 4.60. The van der Waals surface area contributed by atoms with E-state index in [1.165, 1.54) is 11.3 Å². The predicted molar refractivity (Wildman–Crippen MR) is 99.8 cm³/mol. The molecule has 1 aliphatic heterocycles. The number of fused-ring (bicyclic) bond motifs is 1. The molecule has 0 unspecified atom stereocenters. The fraction of sp³-hybridized carbons (Fsp3) is 0.333. The van der Waals surface area contributed by atoms with Crippen LogP contribution in [0.25, 0.3) is 16.2 Å². The van der Waals surface area contributed by atoms with Crippen LogP contribution in [-0.4, -0.2) is 58.4 Å². The van der Waals surface area contributed by atoms with Gasteiger partial charge in [-0.3, -0.25) is 14.6 Å². The number of carbonyl (C=O) groups excluding carboxylic acids is 1. The first-order valence-electron chi connectivity index (χ1n) is 8.40. The van der Waals surface area contributed by atoms with Crippen LogP contribution >= 0.6 is 11.3 Å². The standard InChI is InChI=1S/C18H21N5OS/c1-13-16(17(24)20-22-10-8-21(2)9-11-22)25-18-19-15(12-23(13)18)14-6-4-3-5-7-14/h3-7,12H,8-11H2,1-2H3,(H,20,24). The van der Waals surface area contributed by atoms with Gasteiger partial charge in [0.1, 0.15) is 4.88 Å². The molecule has 1 N–H and O–H groups in total. The number of imidazole rings is 1. The number of nitrogens with zero attached hydrogens (tertiary/aromatic N) is 4. The molecule has 4 rings (SSSR count). The molecule has 130 valence electrons. The summed E-state index contributed by atoms with van der Waals surface area (Å²) in [7, 11) is 2.10. The van der Waals surface area contributed by atoms with Gasteiger partial charge in [0, 0.05) is 43.6 Å². The highest BCUT2D eigenvalue weighted by atomic mass is 32.1. The maximum absolute atomic E-state index is 12.6. The second-order valence-corrected chi connectivity index (χ2v) is 7.37. The van der Waals surface area contributed by atoms with Crippen molar-refractivity contribution in [3.05, 3.63) is 47.1 Å². The second kappa shape index (κ2) is 6.59. The van der Waals surface area contributed by atoms with Crippen molar-refractivity contribution in [1.29, 1.82) is 0 Å². The van der Waals surface area contributed by atoms with E-state index in [4.69, 9.17) is 0 Å². The van der Waals surface area contributed by atoms with E-state index < -0.39 is 0 Å². The number of hydrogen-bond acceptors (Lipinski definition) is 5. The SMILES string of the molecule is Cc1c(C(=O)NN2CCN(C)CC2)sc2nc(-c3ccccc3)cn12. The molecule has 1 aromatic carbocycles. The van der Waals surface area contributed by atoms with Gasteiger partial charge in [-0.2, -0.15) is 0 Å². The second-order valence-electron chi connectivity index (χ2n) is 6.39. The minimum atomic E-state index is -0.0428. The first kappa shape index (κ1) is 16.3. The molecule has 1 saturated heterocycles. The molecule has 25 heavy (non-hydrogen) atoms. The van der Waals surface area contributed by atoms with Gasteiger partial charge in [0.2, 0.25) is 0 Å². The van der Waals surface area contributed by atoms with E-state index in [2.05, 4.69) is 22.4 Å². The van der Waals surface area contributed by atoms with Crippen LogP contribution in [0.15, 0.2) is 36.5 Å². The zero-order valence-corrected chi connectivity index (χ0v) is 15.2. The smallest absolute Gasteiger partial charge is 0.277 e. The van der Waals surface area contributed by atoms with E-state index >= 15 is 0 Å². The molecule has 3 heterocycles. The summed E-state index contributed by atoms with van der Waals surface area (Å²) in [6.07, 6.45) is 2.00. The number of amides is 1. The highest BCUT2D eigenvalue weighted by Crippen LogP contribution is 2.27. The Bertz CT molecular complexity index is 893. The van der Waals surface area contributed by atoms with E-state index in [9.17, 15) is 4.79 Å². The number of hydrazine groups is 1. The van der Waals surface area contributed by atoms with Crippen LogP contribution in [0.4, 0.5) is 0 Å². The molecule has 1 amide bonds. The summed E-state index contributed by atoms with van der Waals surface area (Å²) < 4.78 is 2.01. The van der Waals surface area contributed by atoms with Crippen LogP contribution in [0, 0.1) is 6.92 Å². The summed E-state index contributed by atoms with van der Waals surface area (Å²) in [6, 6.07) is 10.1. The third kappa shape index (κ3) is 3.18. The van der Waals surface area contributed by atoms with Gasteiger partial charge in [-0.25, -0.2) is 9.99 Å². The monoisotopic (exact) mass is 355 g/mol. The molecule has 1 aliphatic rings. The van der Waals surface area contributed by atoms with Crippen molar-refractivity contribution in [1.82, 2.24) is 24.7 Å². The summed E-state index contributed by atoms with van der Waals surface area (Å²) in [6.45, 7) is 5.60. The number of rotatable bonds is 3. The molecule has 0 radical (unpaired) electrons. The zero-order valence-electron chi connectivity index (χ0n) is 14.4. The zero-order chi connectivity index (χ0) is 17.4. The van der Waals surface area contributed by atoms with Gasteiger partial charge in [-0.05, 0) is 14.0 Å². The van der Waals surface area contributed by atoms with Gasteiger partial charge in [-0.1, -0.05) is 41.7 Å². The Labute approximate surface area is 150 Å². The molecule has 6 nitrogen and oxygen atoms in total. The summed E-state index contributed by atoms with van der Waals surface area (Å²) in [5.41, 5.74) is 5.98. The van der Waals surface area contributed by atoms with Crippen molar-refractivity contribution in [2.24, 2.45) is 0 Å². The van der Waals surface area contributed by atoms with Gasteiger partial charge < -0.3 is 4.90 Å². The van der Waals surface area contributed by atoms with Crippen LogP contribution < -0.4 is 5.43 Å². The van der Waals surface area contributed by atoms with Gasteiger partial charge in [0.25, 0.3) is 5.91 Å². The van der Waals surface area contributed by atoms with Crippen LogP contribution in [0.5, 0.6) is 0 Å². The van der Waals surface area contributed by atoms with Crippen molar-refractivity contribution >= 4 is 22.2 Å². The number of hydrogen-bond donors (Lipinski definition) is 1. The fourth-order valence-corrected chi connectivity index (χ4v) is 4.02. The molecule has 0 aliphatic carbocycles. The number of aryl methyl sites for hydroxylation is 1. The van der Waals surface area contributed by atoms with E-state index in [0.717, 1.165) is 53.0 Å². The number of thiazole rings is 1. The maximum Gasteiger partial charge on any atom is 0.277 e. The highest BCUT2D eigenvalue weighted by molar-refractivity contribution is 7.19. The average Bonchev–Trinajstić information content (AvgIpc) is 3.17. The summed E-state index contributed by atoms with van der Waals surface area (Å²) in [4.78, 5) is 21.2. The molecule has 0 spiro atoms. The quantitative estimate of drug-likeness (QED) is 0.783. The average molecular weight is 355 g/mol. The topological polar surface area (TPSA) is 52.9 Å². The summed E-state index contributed by atoms with van der Waals surface area (Å²) in [5.74, 6) is -0.0428. The maximum atomic E-state index is 12.6. The molecule has 2 aromatic heterocycles. The lowest BCUT2D eigenvalue weighted by atomic mass is 10.2. The van der Waals surface area contributed by atoms with E-state index in [1.54, 1.807) is 0 Å². The van der Waals surface area contributed by atoms with Gasteiger partial charge in [0.05, 0.1) is 5.69 Å². The summed E-state index contributed by atoms with van der Waals surface area (Å²) in [5, 5.41) is 2.00. The third-order valence-corrected chi connectivity index (χ3v) is 5.75. The fourth-order valence-electron chi connectivity index (χ4n) is 3.02. The predicted octanol–water partition coefficient (Wildman–Crippen LogP) is 2.26. The largest absolute Gasteiger partial charge is 0.304 e. The van der Waals surface area contributed by atoms with E-state index in [1.807, 2.05) is 52.9 Å².